The predicted molar refractivity (Wildman–Crippen MR) is 134 cm³/mol. The standard InChI is InChI=1S/C24H30FN5O4S/c1-5-6-10-26-24(32)27-11-9-14(2)34-18-12-16(25)7-8-17(18)30-21-19-15(3)20(23(31)33-4)35-22(19)29-13-28-21/h7-8,12-14H,5-6,9-11H2,1-4H3,(H2,26,27,32)(H,28,29,30). The van der Waals surface area contributed by atoms with Gasteiger partial charge in [0.25, 0.3) is 0 Å². The topological polar surface area (TPSA) is 114 Å². The Bertz CT molecular complexity index is 1190. The van der Waals surface area contributed by atoms with Gasteiger partial charge in [0.1, 0.15) is 33.4 Å². The molecule has 0 aliphatic carbocycles. The van der Waals surface area contributed by atoms with Gasteiger partial charge in [-0.3, -0.25) is 0 Å². The fourth-order valence-corrected chi connectivity index (χ4v) is 4.45. The zero-order valence-corrected chi connectivity index (χ0v) is 21.1. The van der Waals surface area contributed by atoms with Crippen LogP contribution in [0, 0.1) is 12.7 Å². The fourth-order valence-electron chi connectivity index (χ4n) is 3.38. The Morgan fingerprint density at radius 1 is 1.20 bits per heavy atom. The van der Waals surface area contributed by atoms with Gasteiger partial charge in [0, 0.05) is 25.6 Å². The summed E-state index contributed by atoms with van der Waals surface area (Å²) in [6.45, 7) is 6.75. The van der Waals surface area contributed by atoms with Gasteiger partial charge in [-0.25, -0.2) is 23.9 Å². The van der Waals surface area contributed by atoms with Gasteiger partial charge in [0.15, 0.2) is 0 Å². The molecule has 9 nitrogen and oxygen atoms in total. The first kappa shape index (κ1) is 26.1. The molecule has 3 rings (SSSR count). The quantitative estimate of drug-likeness (QED) is 0.251. The second kappa shape index (κ2) is 12.3. The summed E-state index contributed by atoms with van der Waals surface area (Å²) in [6, 6.07) is 3.96. The second-order valence-corrected chi connectivity index (χ2v) is 8.97. The molecule has 0 aliphatic rings. The highest BCUT2D eigenvalue weighted by Crippen LogP contribution is 2.37. The molecule has 3 aromatic rings. The SMILES string of the molecule is CCCCNC(=O)NCCC(C)Oc1cc(F)ccc1Nc1ncnc2sc(C(=O)OC)c(C)c12. The number of urea groups is 1. The van der Waals surface area contributed by atoms with E-state index in [0.717, 1.165) is 12.8 Å². The van der Waals surface area contributed by atoms with Crippen molar-refractivity contribution in [3.63, 3.8) is 0 Å². The predicted octanol–water partition coefficient (Wildman–Crippen LogP) is 4.93. The molecule has 11 heteroatoms. The van der Waals surface area contributed by atoms with Crippen LogP contribution >= 0.6 is 11.3 Å². The summed E-state index contributed by atoms with van der Waals surface area (Å²) in [5, 5.41) is 9.46. The van der Waals surface area contributed by atoms with Crippen molar-refractivity contribution < 1.29 is 23.5 Å². The number of nitrogens with zero attached hydrogens (tertiary/aromatic N) is 2. The summed E-state index contributed by atoms with van der Waals surface area (Å²) in [5.74, 6) is -0.117. The highest BCUT2D eigenvalue weighted by Gasteiger charge is 2.21. The van der Waals surface area contributed by atoms with Crippen LogP contribution in [0.5, 0.6) is 5.75 Å². The molecule has 2 heterocycles. The van der Waals surface area contributed by atoms with Gasteiger partial charge in [-0.05, 0) is 38.0 Å². The Morgan fingerprint density at radius 3 is 2.71 bits per heavy atom. The van der Waals surface area contributed by atoms with Gasteiger partial charge in [0.05, 0.1) is 24.3 Å². The molecule has 0 aliphatic heterocycles. The van der Waals surface area contributed by atoms with Crippen LogP contribution in [0.2, 0.25) is 0 Å². The lowest BCUT2D eigenvalue weighted by Crippen LogP contribution is -2.37. The number of carbonyl (C=O) groups is 2. The Morgan fingerprint density at radius 2 is 1.97 bits per heavy atom. The van der Waals surface area contributed by atoms with E-state index >= 15 is 0 Å². The van der Waals surface area contributed by atoms with E-state index in [4.69, 9.17) is 9.47 Å². The Balaban J connectivity index is 1.72. The first-order chi connectivity index (χ1) is 16.8. The summed E-state index contributed by atoms with van der Waals surface area (Å²) in [4.78, 5) is 33.6. The highest BCUT2D eigenvalue weighted by atomic mass is 32.1. The number of halogens is 1. The molecule has 0 bridgehead atoms. The van der Waals surface area contributed by atoms with E-state index < -0.39 is 11.8 Å². The van der Waals surface area contributed by atoms with E-state index in [1.54, 1.807) is 13.0 Å². The van der Waals surface area contributed by atoms with Gasteiger partial charge in [0.2, 0.25) is 0 Å². The molecule has 1 aromatic carbocycles. The molecule has 188 valence electrons. The number of esters is 1. The third-order valence-electron chi connectivity index (χ3n) is 5.27. The van der Waals surface area contributed by atoms with Gasteiger partial charge >= 0.3 is 12.0 Å². The van der Waals surface area contributed by atoms with Crippen molar-refractivity contribution in [3.8, 4) is 5.75 Å². The number of aryl methyl sites for hydroxylation is 1. The minimum absolute atomic E-state index is 0.219. The molecule has 2 aromatic heterocycles. The van der Waals surface area contributed by atoms with E-state index in [2.05, 4.69) is 32.8 Å². The average molecular weight is 504 g/mol. The minimum atomic E-state index is -0.446. The number of hydrogen-bond donors (Lipinski definition) is 3. The maximum absolute atomic E-state index is 14.0. The van der Waals surface area contributed by atoms with Gasteiger partial charge < -0.3 is 25.4 Å². The van der Waals surface area contributed by atoms with Crippen LogP contribution in [-0.2, 0) is 4.74 Å². The Labute approximate surface area is 207 Å². The minimum Gasteiger partial charge on any atom is -0.488 e. The maximum Gasteiger partial charge on any atom is 0.348 e. The van der Waals surface area contributed by atoms with E-state index in [1.165, 1.54) is 36.9 Å². The number of benzene rings is 1. The van der Waals surface area contributed by atoms with Crippen LogP contribution in [0.25, 0.3) is 10.2 Å². The van der Waals surface area contributed by atoms with E-state index in [-0.39, 0.29) is 12.1 Å². The molecule has 35 heavy (non-hydrogen) atoms. The number of hydrogen-bond acceptors (Lipinski definition) is 8. The van der Waals surface area contributed by atoms with Crippen LogP contribution in [0.1, 0.15) is 48.3 Å². The van der Waals surface area contributed by atoms with Crippen LogP contribution < -0.4 is 20.7 Å². The van der Waals surface area contributed by atoms with Gasteiger partial charge in [-0.15, -0.1) is 11.3 Å². The summed E-state index contributed by atoms with van der Waals surface area (Å²) >= 11 is 1.22. The first-order valence-electron chi connectivity index (χ1n) is 11.4. The lowest BCUT2D eigenvalue weighted by molar-refractivity contribution is 0.0605. The van der Waals surface area contributed by atoms with Crippen molar-refractivity contribution in [2.75, 3.05) is 25.5 Å². The summed E-state index contributed by atoms with van der Waals surface area (Å²) < 4.78 is 24.9. The van der Waals surface area contributed by atoms with Crippen LogP contribution in [0.3, 0.4) is 0 Å². The number of carbonyl (C=O) groups excluding carboxylic acids is 2. The molecule has 0 fully saturated rings. The normalized spacial score (nSPS) is 11.7. The molecule has 1 unspecified atom stereocenters. The lowest BCUT2D eigenvalue weighted by Gasteiger charge is -2.19. The van der Waals surface area contributed by atoms with Crippen molar-refractivity contribution >= 4 is 45.1 Å². The van der Waals surface area contributed by atoms with Crippen molar-refractivity contribution in [1.82, 2.24) is 20.6 Å². The molecule has 3 N–H and O–H groups in total. The zero-order valence-electron chi connectivity index (χ0n) is 20.2. The summed E-state index contributed by atoms with van der Waals surface area (Å²) in [6.07, 6.45) is 3.56. The first-order valence-corrected chi connectivity index (χ1v) is 12.2. The van der Waals surface area contributed by atoms with Crippen LogP contribution in [0.15, 0.2) is 24.5 Å². The number of thiophene rings is 1. The number of rotatable bonds is 11. The number of anilines is 2. The molecule has 0 saturated heterocycles. The van der Waals surface area contributed by atoms with Crippen molar-refractivity contribution in [3.05, 3.63) is 40.8 Å². The maximum atomic E-state index is 14.0. The molecule has 0 radical (unpaired) electrons. The zero-order chi connectivity index (χ0) is 25.4. The third kappa shape index (κ3) is 6.78. The molecular formula is C24H30FN5O4S. The monoisotopic (exact) mass is 503 g/mol. The number of methoxy groups -OCH3 is 1. The molecule has 1 atom stereocenters. The number of nitrogens with one attached hydrogen (secondary N) is 3. The third-order valence-corrected chi connectivity index (χ3v) is 6.45. The smallest absolute Gasteiger partial charge is 0.348 e. The number of fused-ring (bicyclic) bond motifs is 1. The van der Waals surface area contributed by atoms with E-state index in [1.807, 2.05) is 6.92 Å². The van der Waals surface area contributed by atoms with E-state index in [0.29, 0.717) is 57.4 Å². The number of aromatic nitrogens is 2. The van der Waals surface area contributed by atoms with Gasteiger partial charge in [-0.1, -0.05) is 13.3 Å². The van der Waals surface area contributed by atoms with Crippen molar-refractivity contribution in [2.24, 2.45) is 0 Å². The summed E-state index contributed by atoms with van der Waals surface area (Å²) in [7, 11) is 1.33. The van der Waals surface area contributed by atoms with Gasteiger partial charge in [-0.2, -0.15) is 0 Å². The molecule has 0 spiro atoms. The van der Waals surface area contributed by atoms with E-state index in [9.17, 15) is 14.0 Å². The highest BCUT2D eigenvalue weighted by molar-refractivity contribution is 7.20. The van der Waals surface area contributed by atoms with Crippen LogP contribution in [-0.4, -0.2) is 48.3 Å². The number of unbranched alkanes of at least 4 members (excludes halogenated alkanes) is 1. The van der Waals surface area contributed by atoms with Crippen LogP contribution in [0.4, 0.5) is 20.7 Å². The number of ether oxygens (including phenoxy) is 2. The molecule has 2 amide bonds. The summed E-state index contributed by atoms with van der Waals surface area (Å²) in [5.41, 5.74) is 1.20. The second-order valence-electron chi connectivity index (χ2n) is 7.97. The van der Waals surface area contributed by atoms with Crippen molar-refractivity contribution in [2.45, 2.75) is 46.1 Å². The van der Waals surface area contributed by atoms with Crippen molar-refractivity contribution in [1.29, 1.82) is 0 Å². The number of amides is 2. The Kier molecular flexibility index (Phi) is 9.18. The average Bonchev–Trinajstić information content (AvgIpc) is 3.17. The fraction of sp³-hybridized carbons (Fsp3) is 0.417. The largest absolute Gasteiger partial charge is 0.488 e. The lowest BCUT2D eigenvalue weighted by atomic mass is 10.2. The Hall–Kier alpha value is -3.47. The molecule has 0 saturated carbocycles. The molecular weight excluding hydrogens is 473 g/mol.